The van der Waals surface area contributed by atoms with Crippen LogP contribution >= 0.6 is 11.6 Å². The normalized spacial score (nSPS) is 12.4. The Hall–Kier alpha value is -1.38. The zero-order chi connectivity index (χ0) is 14.7. The van der Waals surface area contributed by atoms with Gasteiger partial charge in [0.05, 0.1) is 6.04 Å². The molecule has 106 valence electrons. The lowest BCUT2D eigenvalue weighted by molar-refractivity contribution is 0.557. The maximum atomic E-state index is 14.2. The van der Waals surface area contributed by atoms with Crippen LogP contribution in [0.2, 0.25) is 5.02 Å². The Morgan fingerprint density at radius 2 is 1.85 bits per heavy atom. The quantitative estimate of drug-likeness (QED) is 0.853. The first kappa shape index (κ1) is 15.0. The van der Waals surface area contributed by atoms with E-state index in [2.05, 4.69) is 23.5 Å². The van der Waals surface area contributed by atoms with Gasteiger partial charge in [0, 0.05) is 10.6 Å². The summed E-state index contributed by atoms with van der Waals surface area (Å²) >= 11 is 6.03. The van der Waals surface area contributed by atoms with Gasteiger partial charge in [-0.15, -0.1) is 0 Å². The molecule has 1 unspecified atom stereocenters. The van der Waals surface area contributed by atoms with E-state index in [0.29, 0.717) is 10.6 Å². The summed E-state index contributed by atoms with van der Waals surface area (Å²) in [4.78, 5) is 0. The van der Waals surface area contributed by atoms with Gasteiger partial charge in [-0.25, -0.2) is 4.39 Å². The van der Waals surface area contributed by atoms with Gasteiger partial charge < -0.3 is 5.32 Å². The molecule has 1 nitrogen and oxygen atoms in total. The van der Waals surface area contributed by atoms with Crippen molar-refractivity contribution >= 4 is 11.6 Å². The molecule has 0 spiro atoms. The first-order valence-electron chi connectivity index (χ1n) is 6.78. The van der Waals surface area contributed by atoms with Crippen LogP contribution in [0.5, 0.6) is 0 Å². The van der Waals surface area contributed by atoms with Gasteiger partial charge in [0.15, 0.2) is 0 Å². The highest BCUT2D eigenvalue weighted by atomic mass is 35.5. The average Bonchev–Trinajstić information content (AvgIpc) is 2.42. The van der Waals surface area contributed by atoms with Crippen LogP contribution in [0.3, 0.4) is 0 Å². The van der Waals surface area contributed by atoms with Crippen molar-refractivity contribution in [2.45, 2.75) is 26.8 Å². The van der Waals surface area contributed by atoms with Gasteiger partial charge in [0.2, 0.25) is 0 Å². The molecule has 2 rings (SSSR count). The lowest BCUT2D eigenvalue weighted by atomic mass is 9.93. The number of nitrogens with one attached hydrogen (secondary N) is 1. The molecule has 0 fully saturated rings. The van der Waals surface area contributed by atoms with Crippen molar-refractivity contribution in [1.82, 2.24) is 5.32 Å². The summed E-state index contributed by atoms with van der Waals surface area (Å²) < 4.78 is 14.2. The minimum Gasteiger partial charge on any atom is -0.306 e. The second-order valence-corrected chi connectivity index (χ2v) is 5.45. The van der Waals surface area contributed by atoms with E-state index in [-0.39, 0.29) is 11.9 Å². The molecule has 2 aromatic rings. The van der Waals surface area contributed by atoms with Gasteiger partial charge in [-0.3, -0.25) is 0 Å². The maximum Gasteiger partial charge on any atom is 0.128 e. The molecule has 1 atom stereocenters. The fourth-order valence-corrected chi connectivity index (χ4v) is 2.58. The van der Waals surface area contributed by atoms with E-state index in [0.717, 1.165) is 23.2 Å². The van der Waals surface area contributed by atoms with Crippen molar-refractivity contribution in [2.24, 2.45) is 0 Å². The van der Waals surface area contributed by atoms with E-state index in [1.54, 1.807) is 12.1 Å². The van der Waals surface area contributed by atoms with Crippen molar-refractivity contribution in [3.8, 4) is 0 Å². The SMILES string of the molecule is CCNC(c1cc(C)ccc1C)c1cc(Cl)ccc1F. The second kappa shape index (κ2) is 6.38. The Bertz CT molecular complexity index is 558. The van der Waals surface area contributed by atoms with Gasteiger partial charge in [0.1, 0.15) is 5.82 Å². The number of hydrogen-bond donors (Lipinski definition) is 1. The van der Waals surface area contributed by atoms with Crippen molar-refractivity contribution in [3.05, 3.63) is 69.5 Å². The molecule has 0 bridgehead atoms. The van der Waals surface area contributed by atoms with E-state index in [4.69, 9.17) is 11.6 Å². The molecule has 0 aromatic heterocycles. The summed E-state index contributed by atoms with van der Waals surface area (Å²) in [5.41, 5.74) is 3.98. The predicted octanol–water partition coefficient (Wildman–Crippen LogP) is 4.79. The minimum atomic E-state index is -0.235. The Balaban J connectivity index is 2.55. The van der Waals surface area contributed by atoms with Crippen molar-refractivity contribution in [3.63, 3.8) is 0 Å². The summed E-state index contributed by atoms with van der Waals surface area (Å²) in [5, 5.41) is 3.90. The summed E-state index contributed by atoms with van der Waals surface area (Å²) in [6.07, 6.45) is 0. The summed E-state index contributed by atoms with van der Waals surface area (Å²) in [5.74, 6) is -0.235. The molecule has 1 N–H and O–H groups in total. The number of benzene rings is 2. The fraction of sp³-hybridized carbons (Fsp3) is 0.294. The molecular formula is C17H19ClFN. The molecule has 0 saturated carbocycles. The van der Waals surface area contributed by atoms with Gasteiger partial charge in [-0.1, -0.05) is 42.3 Å². The van der Waals surface area contributed by atoms with E-state index >= 15 is 0 Å². The summed E-state index contributed by atoms with van der Waals surface area (Å²) in [7, 11) is 0. The molecule has 0 saturated heterocycles. The zero-order valence-corrected chi connectivity index (χ0v) is 12.8. The zero-order valence-electron chi connectivity index (χ0n) is 12.0. The third-order valence-electron chi connectivity index (χ3n) is 3.42. The van der Waals surface area contributed by atoms with Gasteiger partial charge in [0.25, 0.3) is 0 Å². The van der Waals surface area contributed by atoms with Gasteiger partial charge in [-0.2, -0.15) is 0 Å². The number of aryl methyl sites for hydroxylation is 2. The average molecular weight is 292 g/mol. The fourth-order valence-electron chi connectivity index (χ4n) is 2.40. The van der Waals surface area contributed by atoms with E-state index in [1.165, 1.54) is 6.07 Å². The largest absolute Gasteiger partial charge is 0.306 e. The highest BCUT2D eigenvalue weighted by molar-refractivity contribution is 6.30. The molecule has 0 radical (unpaired) electrons. The Kier molecular flexibility index (Phi) is 4.79. The van der Waals surface area contributed by atoms with Crippen molar-refractivity contribution in [2.75, 3.05) is 6.54 Å². The maximum absolute atomic E-state index is 14.2. The molecule has 2 aromatic carbocycles. The van der Waals surface area contributed by atoms with Crippen LogP contribution < -0.4 is 5.32 Å². The van der Waals surface area contributed by atoms with Crippen LogP contribution in [0.1, 0.15) is 35.2 Å². The smallest absolute Gasteiger partial charge is 0.128 e. The molecule has 0 amide bonds. The van der Waals surface area contributed by atoms with Gasteiger partial charge in [-0.05, 0) is 49.7 Å². The highest BCUT2D eigenvalue weighted by Gasteiger charge is 2.19. The van der Waals surface area contributed by atoms with E-state index < -0.39 is 0 Å². The van der Waals surface area contributed by atoms with E-state index in [1.807, 2.05) is 20.8 Å². The van der Waals surface area contributed by atoms with Crippen molar-refractivity contribution < 1.29 is 4.39 Å². The predicted molar refractivity (Wildman–Crippen MR) is 82.8 cm³/mol. The van der Waals surface area contributed by atoms with Crippen LogP contribution in [0.25, 0.3) is 0 Å². The molecule has 0 aliphatic rings. The number of rotatable bonds is 4. The lowest BCUT2D eigenvalue weighted by Gasteiger charge is -2.22. The summed E-state index contributed by atoms with van der Waals surface area (Å²) in [6, 6.07) is 10.8. The Morgan fingerprint density at radius 3 is 2.55 bits per heavy atom. The molecule has 20 heavy (non-hydrogen) atoms. The number of halogens is 2. The minimum absolute atomic E-state index is 0.182. The van der Waals surface area contributed by atoms with E-state index in [9.17, 15) is 4.39 Å². The Morgan fingerprint density at radius 1 is 1.10 bits per heavy atom. The van der Waals surface area contributed by atoms with Crippen LogP contribution in [0, 0.1) is 19.7 Å². The monoisotopic (exact) mass is 291 g/mol. The topological polar surface area (TPSA) is 12.0 Å². The van der Waals surface area contributed by atoms with Crippen LogP contribution in [0.4, 0.5) is 4.39 Å². The van der Waals surface area contributed by atoms with Crippen LogP contribution in [-0.4, -0.2) is 6.54 Å². The first-order valence-corrected chi connectivity index (χ1v) is 7.16. The summed E-state index contributed by atoms with van der Waals surface area (Å²) in [6.45, 7) is 6.85. The Labute approximate surface area is 124 Å². The molecule has 0 aliphatic heterocycles. The van der Waals surface area contributed by atoms with Gasteiger partial charge >= 0.3 is 0 Å². The standard InChI is InChI=1S/C17H19ClFN/c1-4-20-17(14-9-11(2)5-6-12(14)3)15-10-13(18)7-8-16(15)19/h5-10,17,20H,4H2,1-3H3. The highest BCUT2D eigenvalue weighted by Crippen LogP contribution is 2.29. The lowest BCUT2D eigenvalue weighted by Crippen LogP contribution is -2.24. The molecular weight excluding hydrogens is 273 g/mol. The second-order valence-electron chi connectivity index (χ2n) is 5.02. The molecule has 0 aliphatic carbocycles. The molecule has 0 heterocycles. The third kappa shape index (κ3) is 3.20. The number of hydrogen-bond acceptors (Lipinski definition) is 1. The van der Waals surface area contributed by atoms with Crippen LogP contribution in [0.15, 0.2) is 36.4 Å². The molecule has 3 heteroatoms. The first-order chi connectivity index (χ1) is 9.52. The van der Waals surface area contributed by atoms with Crippen molar-refractivity contribution in [1.29, 1.82) is 0 Å². The third-order valence-corrected chi connectivity index (χ3v) is 3.66. The van der Waals surface area contributed by atoms with Crippen LogP contribution in [-0.2, 0) is 0 Å².